The second-order valence-electron chi connectivity index (χ2n) is 4.46. The van der Waals surface area contributed by atoms with E-state index in [-0.39, 0.29) is 0 Å². The number of rotatable bonds is 5. The van der Waals surface area contributed by atoms with E-state index in [1.165, 1.54) is 12.8 Å². The van der Waals surface area contributed by atoms with Gasteiger partial charge >= 0.3 is 0 Å². The molecule has 5 heteroatoms. The molecule has 0 amide bonds. The molecule has 0 saturated heterocycles. The van der Waals surface area contributed by atoms with E-state index in [0.717, 1.165) is 22.5 Å². The van der Waals surface area contributed by atoms with Crippen LogP contribution in [0, 0.1) is 5.92 Å². The van der Waals surface area contributed by atoms with E-state index in [1.807, 2.05) is 35.8 Å². The van der Waals surface area contributed by atoms with Crippen molar-refractivity contribution in [3.8, 4) is 0 Å². The van der Waals surface area contributed by atoms with Crippen LogP contribution < -0.4 is 5.32 Å². The second kappa shape index (κ2) is 4.66. The molecule has 3 rings (SSSR count). The van der Waals surface area contributed by atoms with Crippen molar-refractivity contribution in [1.29, 1.82) is 0 Å². The SMILES string of the molecule is CNC(CSc1nnc2ccccn12)C1CC1. The van der Waals surface area contributed by atoms with Gasteiger partial charge < -0.3 is 5.32 Å². The van der Waals surface area contributed by atoms with Crippen LogP contribution in [0.25, 0.3) is 5.65 Å². The molecule has 1 aliphatic carbocycles. The van der Waals surface area contributed by atoms with Gasteiger partial charge in [-0.2, -0.15) is 0 Å². The number of nitrogens with one attached hydrogen (secondary N) is 1. The number of nitrogens with zero attached hydrogens (tertiary/aromatic N) is 3. The molecule has 1 atom stereocenters. The van der Waals surface area contributed by atoms with Crippen LogP contribution in [0.1, 0.15) is 12.8 Å². The average molecular weight is 248 g/mol. The highest BCUT2D eigenvalue weighted by Gasteiger charge is 2.30. The molecule has 2 aromatic heterocycles. The van der Waals surface area contributed by atoms with Crippen LogP contribution in [0.5, 0.6) is 0 Å². The van der Waals surface area contributed by atoms with Gasteiger partial charge in [0.05, 0.1) is 0 Å². The number of hydrogen-bond donors (Lipinski definition) is 1. The van der Waals surface area contributed by atoms with E-state index in [1.54, 1.807) is 11.8 Å². The molecule has 90 valence electrons. The van der Waals surface area contributed by atoms with Gasteiger partial charge in [0.2, 0.25) is 0 Å². The molecule has 0 spiro atoms. The lowest BCUT2D eigenvalue weighted by Gasteiger charge is -2.13. The summed E-state index contributed by atoms with van der Waals surface area (Å²) in [6, 6.07) is 6.58. The normalized spacial score (nSPS) is 17.5. The van der Waals surface area contributed by atoms with Gasteiger partial charge in [0, 0.05) is 18.0 Å². The van der Waals surface area contributed by atoms with Gasteiger partial charge in [0.25, 0.3) is 0 Å². The fraction of sp³-hybridized carbons (Fsp3) is 0.500. The number of fused-ring (bicyclic) bond motifs is 1. The molecule has 4 nitrogen and oxygen atoms in total. The summed E-state index contributed by atoms with van der Waals surface area (Å²) in [4.78, 5) is 0. The maximum atomic E-state index is 4.23. The highest BCUT2D eigenvalue weighted by Crippen LogP contribution is 2.34. The zero-order valence-corrected chi connectivity index (χ0v) is 10.7. The van der Waals surface area contributed by atoms with Gasteiger partial charge in [-0.25, -0.2) is 0 Å². The first-order chi connectivity index (χ1) is 8.38. The summed E-state index contributed by atoms with van der Waals surface area (Å²) >= 11 is 1.78. The number of hydrogen-bond acceptors (Lipinski definition) is 4. The molecular weight excluding hydrogens is 232 g/mol. The van der Waals surface area contributed by atoms with E-state index in [4.69, 9.17) is 0 Å². The third-order valence-electron chi connectivity index (χ3n) is 3.24. The molecule has 17 heavy (non-hydrogen) atoms. The molecule has 1 saturated carbocycles. The van der Waals surface area contributed by atoms with Crippen LogP contribution in [0.15, 0.2) is 29.6 Å². The van der Waals surface area contributed by atoms with Crippen LogP contribution in [0.4, 0.5) is 0 Å². The van der Waals surface area contributed by atoms with Crippen molar-refractivity contribution >= 4 is 17.4 Å². The maximum absolute atomic E-state index is 4.23. The van der Waals surface area contributed by atoms with Gasteiger partial charge in [0.15, 0.2) is 10.8 Å². The summed E-state index contributed by atoms with van der Waals surface area (Å²) in [5.74, 6) is 1.93. The molecule has 0 bridgehead atoms. The summed E-state index contributed by atoms with van der Waals surface area (Å²) in [5, 5.41) is 12.8. The lowest BCUT2D eigenvalue weighted by atomic mass is 10.2. The Morgan fingerprint density at radius 2 is 2.35 bits per heavy atom. The Morgan fingerprint density at radius 1 is 1.47 bits per heavy atom. The molecule has 0 aliphatic heterocycles. The number of thioether (sulfide) groups is 1. The lowest BCUT2D eigenvalue weighted by molar-refractivity contribution is 0.553. The largest absolute Gasteiger partial charge is 0.316 e. The predicted octanol–water partition coefficient (Wildman–Crippen LogP) is 1.82. The zero-order valence-electron chi connectivity index (χ0n) is 9.84. The molecule has 1 fully saturated rings. The van der Waals surface area contributed by atoms with Crippen LogP contribution >= 0.6 is 11.8 Å². The first kappa shape index (κ1) is 11.0. The van der Waals surface area contributed by atoms with E-state index in [0.29, 0.717) is 6.04 Å². The molecule has 1 N–H and O–H groups in total. The van der Waals surface area contributed by atoms with Crippen molar-refractivity contribution in [3.05, 3.63) is 24.4 Å². The van der Waals surface area contributed by atoms with Crippen molar-refractivity contribution in [2.75, 3.05) is 12.8 Å². The first-order valence-electron chi connectivity index (χ1n) is 5.98. The third kappa shape index (κ3) is 2.30. The Balaban J connectivity index is 1.71. The summed E-state index contributed by atoms with van der Waals surface area (Å²) in [6.07, 6.45) is 4.75. The monoisotopic (exact) mass is 248 g/mol. The fourth-order valence-electron chi connectivity index (χ4n) is 2.04. The van der Waals surface area contributed by atoms with Crippen molar-refractivity contribution in [3.63, 3.8) is 0 Å². The summed E-state index contributed by atoms with van der Waals surface area (Å²) < 4.78 is 2.05. The van der Waals surface area contributed by atoms with Crippen molar-refractivity contribution in [2.45, 2.75) is 24.0 Å². The van der Waals surface area contributed by atoms with Gasteiger partial charge in [-0.3, -0.25) is 4.40 Å². The molecule has 0 aromatic carbocycles. The van der Waals surface area contributed by atoms with Crippen LogP contribution in [-0.4, -0.2) is 33.4 Å². The van der Waals surface area contributed by atoms with Gasteiger partial charge in [-0.05, 0) is 37.9 Å². The molecule has 2 aromatic rings. The molecular formula is C12H16N4S. The predicted molar refractivity (Wildman–Crippen MR) is 69.3 cm³/mol. The maximum Gasteiger partial charge on any atom is 0.195 e. The Morgan fingerprint density at radius 3 is 3.12 bits per heavy atom. The Labute approximate surface area is 105 Å². The van der Waals surface area contributed by atoms with Crippen molar-refractivity contribution < 1.29 is 0 Å². The van der Waals surface area contributed by atoms with Crippen molar-refractivity contribution in [1.82, 2.24) is 19.9 Å². The Kier molecular flexibility index (Phi) is 3.03. The number of aromatic nitrogens is 3. The van der Waals surface area contributed by atoms with E-state index >= 15 is 0 Å². The standard InChI is InChI=1S/C12H16N4S/c1-13-10(9-5-6-9)8-17-12-15-14-11-4-2-3-7-16(11)12/h2-4,7,9-10,13H,5-6,8H2,1H3. The van der Waals surface area contributed by atoms with Gasteiger partial charge in [-0.15, -0.1) is 10.2 Å². The summed E-state index contributed by atoms with van der Waals surface area (Å²) in [7, 11) is 2.05. The zero-order chi connectivity index (χ0) is 11.7. The highest BCUT2D eigenvalue weighted by atomic mass is 32.2. The van der Waals surface area contributed by atoms with Gasteiger partial charge in [-0.1, -0.05) is 17.8 Å². The third-order valence-corrected chi connectivity index (χ3v) is 4.30. The lowest BCUT2D eigenvalue weighted by Crippen LogP contribution is -2.29. The minimum Gasteiger partial charge on any atom is -0.316 e. The fourth-order valence-corrected chi connectivity index (χ4v) is 3.20. The van der Waals surface area contributed by atoms with Crippen LogP contribution in [-0.2, 0) is 0 Å². The quantitative estimate of drug-likeness (QED) is 0.820. The highest BCUT2D eigenvalue weighted by molar-refractivity contribution is 7.99. The summed E-state index contributed by atoms with van der Waals surface area (Å²) in [5.41, 5.74) is 0.919. The summed E-state index contributed by atoms with van der Waals surface area (Å²) in [6.45, 7) is 0. The Hall–Kier alpha value is -1.07. The molecule has 0 radical (unpaired) electrons. The minimum absolute atomic E-state index is 0.607. The van der Waals surface area contributed by atoms with E-state index in [9.17, 15) is 0 Å². The second-order valence-corrected chi connectivity index (χ2v) is 5.44. The topological polar surface area (TPSA) is 42.2 Å². The van der Waals surface area contributed by atoms with Gasteiger partial charge in [0.1, 0.15) is 0 Å². The van der Waals surface area contributed by atoms with Crippen molar-refractivity contribution in [2.24, 2.45) is 5.92 Å². The molecule has 2 heterocycles. The number of pyridine rings is 1. The Bertz CT molecular complexity index is 506. The molecule has 1 aliphatic rings. The van der Waals surface area contributed by atoms with Crippen LogP contribution in [0.3, 0.4) is 0 Å². The first-order valence-corrected chi connectivity index (χ1v) is 6.97. The molecule has 1 unspecified atom stereocenters. The van der Waals surface area contributed by atoms with E-state index < -0.39 is 0 Å². The minimum atomic E-state index is 0.607. The van der Waals surface area contributed by atoms with Crippen LogP contribution in [0.2, 0.25) is 0 Å². The van der Waals surface area contributed by atoms with E-state index in [2.05, 4.69) is 15.5 Å². The average Bonchev–Trinajstić information content (AvgIpc) is 3.12. The smallest absolute Gasteiger partial charge is 0.195 e.